The second-order valence-electron chi connectivity index (χ2n) is 9.05. The van der Waals surface area contributed by atoms with E-state index < -0.39 is 18.0 Å². The number of hydrazine groups is 1. The van der Waals surface area contributed by atoms with E-state index in [4.69, 9.17) is 6.42 Å². The summed E-state index contributed by atoms with van der Waals surface area (Å²) in [7, 11) is 1.48. The molecular weight excluding hydrogens is 485 g/mol. The summed E-state index contributed by atoms with van der Waals surface area (Å²) in [4.78, 5) is 41.2. The third-order valence-electron chi connectivity index (χ3n) is 6.52. The Morgan fingerprint density at radius 1 is 1.11 bits per heavy atom. The standard InChI is InChI=1S/C29H30FN5O3/c1-3-15-35(29(38)31-2)34-17-16-33(19-23-9-6-8-22-7-4-5-10-25(22)23)28(37)26(32-27(36)20-34)18-21-11-13-24(30)14-12-21/h1,4-14,26H,15-20H2,2H3,(H,31,38)(H,32,36)/t26-/m0/s1. The Hall–Kier alpha value is -4.42. The number of rotatable bonds is 6. The van der Waals surface area contributed by atoms with Gasteiger partial charge in [-0.05, 0) is 34.0 Å². The van der Waals surface area contributed by atoms with Gasteiger partial charge in [0.15, 0.2) is 0 Å². The lowest BCUT2D eigenvalue weighted by Gasteiger charge is -2.33. The van der Waals surface area contributed by atoms with Gasteiger partial charge in [-0.1, -0.05) is 60.5 Å². The maximum Gasteiger partial charge on any atom is 0.332 e. The molecule has 4 rings (SSSR count). The van der Waals surface area contributed by atoms with Gasteiger partial charge in [0.2, 0.25) is 11.8 Å². The van der Waals surface area contributed by atoms with Crippen LogP contribution in [0, 0.1) is 18.2 Å². The molecule has 0 aliphatic carbocycles. The van der Waals surface area contributed by atoms with Crippen LogP contribution in [-0.4, -0.2) is 72.0 Å². The van der Waals surface area contributed by atoms with Gasteiger partial charge in [0.1, 0.15) is 11.9 Å². The van der Waals surface area contributed by atoms with Crippen molar-refractivity contribution in [2.75, 3.05) is 33.2 Å². The summed E-state index contributed by atoms with van der Waals surface area (Å²) >= 11 is 0. The molecule has 0 unspecified atom stereocenters. The molecular formula is C29H30FN5O3. The van der Waals surface area contributed by atoms with Crippen molar-refractivity contribution in [1.29, 1.82) is 0 Å². The highest BCUT2D eigenvalue weighted by molar-refractivity contribution is 5.90. The Kier molecular flexibility index (Phi) is 8.56. The van der Waals surface area contributed by atoms with Crippen LogP contribution in [0.3, 0.4) is 0 Å². The average Bonchev–Trinajstić information content (AvgIpc) is 2.98. The van der Waals surface area contributed by atoms with Gasteiger partial charge in [0, 0.05) is 33.1 Å². The molecule has 1 aliphatic rings. The average molecular weight is 516 g/mol. The molecule has 0 bridgehead atoms. The summed E-state index contributed by atoms with van der Waals surface area (Å²) in [5.74, 6) is 1.38. The first-order valence-electron chi connectivity index (χ1n) is 12.4. The second kappa shape index (κ2) is 12.2. The van der Waals surface area contributed by atoms with Crippen molar-refractivity contribution in [3.8, 4) is 12.3 Å². The van der Waals surface area contributed by atoms with Crippen molar-refractivity contribution in [3.63, 3.8) is 0 Å². The molecule has 1 heterocycles. The molecule has 0 saturated carbocycles. The fraction of sp³-hybridized carbons (Fsp3) is 0.276. The van der Waals surface area contributed by atoms with Gasteiger partial charge >= 0.3 is 6.03 Å². The van der Waals surface area contributed by atoms with E-state index in [1.807, 2.05) is 42.5 Å². The number of nitrogens with zero attached hydrogens (tertiary/aromatic N) is 3. The highest BCUT2D eigenvalue weighted by Crippen LogP contribution is 2.21. The number of fused-ring (bicyclic) bond motifs is 1. The van der Waals surface area contributed by atoms with Crippen molar-refractivity contribution in [3.05, 3.63) is 83.7 Å². The summed E-state index contributed by atoms with van der Waals surface area (Å²) in [5, 5.41) is 10.3. The molecule has 8 nitrogen and oxygen atoms in total. The van der Waals surface area contributed by atoms with Crippen LogP contribution in [0.4, 0.5) is 9.18 Å². The van der Waals surface area contributed by atoms with Crippen molar-refractivity contribution in [2.45, 2.75) is 19.0 Å². The summed E-state index contributed by atoms with van der Waals surface area (Å²) in [5.41, 5.74) is 1.67. The van der Waals surface area contributed by atoms with Crippen LogP contribution in [0.25, 0.3) is 10.8 Å². The van der Waals surface area contributed by atoms with Crippen LogP contribution in [0.5, 0.6) is 0 Å². The van der Waals surface area contributed by atoms with E-state index in [0.717, 1.165) is 16.3 Å². The normalized spacial score (nSPS) is 16.7. The Balaban J connectivity index is 1.68. The molecule has 9 heteroatoms. The van der Waals surface area contributed by atoms with Crippen LogP contribution >= 0.6 is 0 Å². The molecule has 196 valence electrons. The predicted octanol–water partition coefficient (Wildman–Crippen LogP) is 2.54. The van der Waals surface area contributed by atoms with Gasteiger partial charge in [-0.15, -0.1) is 6.42 Å². The number of carbonyl (C=O) groups is 3. The Morgan fingerprint density at radius 3 is 2.58 bits per heavy atom. The molecule has 1 fully saturated rings. The SMILES string of the molecule is C#CCN(C(=O)NC)N1CCN(Cc2cccc3ccccc23)C(=O)[C@H](Cc2ccc(F)cc2)NC(=O)C1. The van der Waals surface area contributed by atoms with Crippen LogP contribution in [-0.2, 0) is 22.6 Å². The zero-order valence-electron chi connectivity index (χ0n) is 21.2. The second-order valence-corrected chi connectivity index (χ2v) is 9.05. The molecule has 38 heavy (non-hydrogen) atoms. The third-order valence-corrected chi connectivity index (χ3v) is 6.52. The van der Waals surface area contributed by atoms with Crippen molar-refractivity contribution in [1.82, 2.24) is 25.6 Å². The number of halogens is 1. The van der Waals surface area contributed by atoms with Crippen LogP contribution in [0.2, 0.25) is 0 Å². The highest BCUT2D eigenvalue weighted by atomic mass is 19.1. The molecule has 3 aromatic carbocycles. The van der Waals surface area contributed by atoms with Crippen LogP contribution in [0.1, 0.15) is 11.1 Å². The molecule has 0 spiro atoms. The zero-order chi connectivity index (χ0) is 27.1. The predicted molar refractivity (Wildman–Crippen MR) is 143 cm³/mol. The molecule has 3 aromatic rings. The van der Waals surface area contributed by atoms with Gasteiger partial charge in [-0.25, -0.2) is 19.2 Å². The number of urea groups is 1. The largest absolute Gasteiger partial charge is 0.343 e. The maximum absolute atomic E-state index is 13.9. The third kappa shape index (κ3) is 6.28. The molecule has 2 N–H and O–H groups in total. The number of amides is 4. The van der Waals surface area contributed by atoms with E-state index in [9.17, 15) is 18.8 Å². The number of benzene rings is 3. The molecule has 1 aliphatic heterocycles. The maximum atomic E-state index is 13.9. The monoisotopic (exact) mass is 515 g/mol. The van der Waals surface area contributed by atoms with E-state index in [2.05, 4.69) is 16.6 Å². The summed E-state index contributed by atoms with van der Waals surface area (Å²) in [6.45, 7) is 0.559. The number of hydrogen-bond acceptors (Lipinski definition) is 4. The molecule has 1 atom stereocenters. The summed E-state index contributed by atoms with van der Waals surface area (Å²) in [6.07, 6.45) is 5.69. The van der Waals surface area contributed by atoms with E-state index in [0.29, 0.717) is 12.1 Å². The fourth-order valence-corrected chi connectivity index (χ4v) is 4.62. The first-order valence-corrected chi connectivity index (χ1v) is 12.4. The number of terminal acetylenes is 1. The van der Waals surface area contributed by atoms with Gasteiger partial charge in [0.25, 0.3) is 0 Å². The highest BCUT2D eigenvalue weighted by Gasteiger charge is 2.32. The van der Waals surface area contributed by atoms with Crippen molar-refractivity contribution in [2.24, 2.45) is 0 Å². The van der Waals surface area contributed by atoms with E-state index >= 15 is 0 Å². The van der Waals surface area contributed by atoms with Gasteiger partial charge in [-0.3, -0.25) is 9.59 Å². The number of hydrogen-bond donors (Lipinski definition) is 2. The van der Waals surface area contributed by atoms with Gasteiger partial charge < -0.3 is 15.5 Å². The molecule has 0 aromatic heterocycles. The minimum atomic E-state index is -0.871. The topological polar surface area (TPSA) is 85.0 Å². The van der Waals surface area contributed by atoms with Gasteiger partial charge in [-0.2, -0.15) is 0 Å². The summed E-state index contributed by atoms with van der Waals surface area (Å²) < 4.78 is 13.5. The van der Waals surface area contributed by atoms with Crippen LogP contribution in [0.15, 0.2) is 66.7 Å². The minimum absolute atomic E-state index is 0.0385. The van der Waals surface area contributed by atoms with Crippen molar-refractivity contribution >= 4 is 28.6 Å². The van der Waals surface area contributed by atoms with E-state index in [1.165, 1.54) is 24.2 Å². The lowest BCUT2D eigenvalue weighted by Crippen LogP contribution is -2.54. The lowest BCUT2D eigenvalue weighted by atomic mass is 10.0. The molecule has 1 saturated heterocycles. The van der Waals surface area contributed by atoms with E-state index in [-0.39, 0.29) is 44.3 Å². The lowest BCUT2D eigenvalue weighted by molar-refractivity contribution is -0.136. The Labute approximate surface area is 221 Å². The quantitative estimate of drug-likeness (QED) is 0.495. The fourth-order valence-electron chi connectivity index (χ4n) is 4.62. The van der Waals surface area contributed by atoms with Crippen molar-refractivity contribution < 1.29 is 18.8 Å². The smallest absolute Gasteiger partial charge is 0.332 e. The van der Waals surface area contributed by atoms with Crippen LogP contribution < -0.4 is 10.6 Å². The zero-order valence-corrected chi connectivity index (χ0v) is 21.2. The minimum Gasteiger partial charge on any atom is -0.343 e. The van der Waals surface area contributed by atoms with Gasteiger partial charge in [0.05, 0.1) is 13.1 Å². The summed E-state index contributed by atoms with van der Waals surface area (Å²) in [6, 6.07) is 18.4. The van der Waals surface area contributed by atoms with E-state index in [1.54, 1.807) is 22.0 Å². The Bertz CT molecular complexity index is 1350. The molecule has 4 amide bonds. The first kappa shape index (κ1) is 26.6. The number of carbonyl (C=O) groups excluding carboxylic acids is 3. The molecule has 0 radical (unpaired) electrons. The first-order chi connectivity index (χ1) is 18.4. The Morgan fingerprint density at radius 2 is 1.84 bits per heavy atom. The number of nitrogens with one attached hydrogen (secondary N) is 2.